The Bertz CT molecular complexity index is 1280. The smallest absolute Gasteiger partial charge is 0.249 e. The molecule has 0 saturated carbocycles. The van der Waals surface area contributed by atoms with Crippen molar-refractivity contribution in [3.8, 4) is 0 Å². The molecule has 0 saturated heterocycles. The van der Waals surface area contributed by atoms with Crippen molar-refractivity contribution in [2.45, 2.75) is 59.1 Å². The number of primary amides is 1. The van der Waals surface area contributed by atoms with E-state index in [4.69, 9.17) is 17.3 Å². The van der Waals surface area contributed by atoms with Crippen LogP contribution in [0.15, 0.2) is 47.7 Å². The van der Waals surface area contributed by atoms with Crippen LogP contribution in [-0.4, -0.2) is 57.3 Å². The Morgan fingerprint density at radius 2 is 1.85 bits per heavy atom. The highest BCUT2D eigenvalue weighted by Crippen LogP contribution is 2.44. The molecule has 2 aromatic rings. The number of aryl methyl sites for hydroxylation is 1. The number of nitrogens with two attached hydrogens (primary N) is 1. The molecule has 1 aliphatic rings. The fourth-order valence-electron chi connectivity index (χ4n) is 5.66. The second kappa shape index (κ2) is 14.2. The van der Waals surface area contributed by atoms with Crippen LogP contribution in [0.2, 0.25) is 5.02 Å². The summed E-state index contributed by atoms with van der Waals surface area (Å²) in [7, 11) is 1.74. The van der Waals surface area contributed by atoms with Crippen LogP contribution < -0.4 is 11.1 Å². The highest BCUT2D eigenvalue weighted by atomic mass is 35.5. The molecule has 224 valence electrons. The lowest BCUT2D eigenvalue weighted by molar-refractivity contribution is -0.132. The van der Waals surface area contributed by atoms with E-state index in [-0.39, 0.29) is 37.4 Å². The number of carbonyl (C=O) groups is 2. The molecule has 1 heterocycles. The SMILES string of the molecule is CCCN(CCC)C(=O)C1=CC(C)=CC(C(N)=O)([C@H](Cc2cc(F)cc(F)c2)[C@@H](O)CNCc2nn(C)cc2Cl)C1. The maximum atomic E-state index is 14.2. The number of halogens is 3. The number of nitrogens with zero attached hydrogens (tertiary/aromatic N) is 3. The Balaban J connectivity index is 1.99. The van der Waals surface area contributed by atoms with Crippen molar-refractivity contribution in [1.82, 2.24) is 20.0 Å². The van der Waals surface area contributed by atoms with E-state index in [0.717, 1.165) is 18.9 Å². The summed E-state index contributed by atoms with van der Waals surface area (Å²) in [5.41, 5.74) is 6.45. The van der Waals surface area contributed by atoms with Crippen LogP contribution in [0.5, 0.6) is 0 Å². The number of nitrogens with one attached hydrogen (secondary N) is 1. The molecule has 0 spiro atoms. The van der Waals surface area contributed by atoms with Crippen LogP contribution in [0, 0.1) is 23.0 Å². The maximum Gasteiger partial charge on any atom is 0.249 e. The molecule has 3 atom stereocenters. The van der Waals surface area contributed by atoms with Crippen molar-refractivity contribution >= 4 is 23.4 Å². The lowest BCUT2D eigenvalue weighted by Gasteiger charge is -2.42. The van der Waals surface area contributed by atoms with Crippen molar-refractivity contribution in [2.75, 3.05) is 19.6 Å². The van der Waals surface area contributed by atoms with Crippen LogP contribution in [0.4, 0.5) is 8.78 Å². The molecule has 1 aromatic heterocycles. The van der Waals surface area contributed by atoms with E-state index >= 15 is 0 Å². The van der Waals surface area contributed by atoms with E-state index in [1.165, 1.54) is 12.1 Å². The number of carbonyl (C=O) groups excluding carboxylic acids is 2. The zero-order valence-electron chi connectivity index (χ0n) is 24.1. The van der Waals surface area contributed by atoms with E-state index in [2.05, 4.69) is 10.4 Å². The first-order chi connectivity index (χ1) is 19.4. The molecule has 0 bridgehead atoms. The molecular formula is C30H40ClF2N5O3. The number of aromatic nitrogens is 2. The Kier molecular flexibility index (Phi) is 11.2. The normalized spacial score (nSPS) is 18.4. The Hall–Kier alpha value is -3.08. The number of benzene rings is 1. The van der Waals surface area contributed by atoms with Gasteiger partial charge in [0.05, 0.1) is 22.2 Å². The molecular weight excluding hydrogens is 552 g/mol. The van der Waals surface area contributed by atoms with Crippen molar-refractivity contribution < 1.29 is 23.5 Å². The highest BCUT2D eigenvalue weighted by molar-refractivity contribution is 6.31. The van der Waals surface area contributed by atoms with Gasteiger partial charge in [-0.2, -0.15) is 5.10 Å². The third-order valence-electron chi connectivity index (χ3n) is 7.38. The molecule has 1 aromatic carbocycles. The van der Waals surface area contributed by atoms with Crippen LogP contribution in [0.25, 0.3) is 0 Å². The Morgan fingerprint density at radius 1 is 1.22 bits per heavy atom. The van der Waals surface area contributed by atoms with Crippen LogP contribution >= 0.6 is 11.6 Å². The van der Waals surface area contributed by atoms with Gasteiger partial charge in [-0.3, -0.25) is 14.3 Å². The van der Waals surface area contributed by atoms with Gasteiger partial charge in [-0.15, -0.1) is 0 Å². The maximum absolute atomic E-state index is 14.2. The van der Waals surface area contributed by atoms with Gasteiger partial charge in [0.2, 0.25) is 11.8 Å². The average molecular weight is 592 g/mol. The molecule has 3 rings (SSSR count). The minimum absolute atomic E-state index is 0.00206. The van der Waals surface area contributed by atoms with Gasteiger partial charge in [-0.1, -0.05) is 43.2 Å². The molecule has 0 aliphatic heterocycles. The summed E-state index contributed by atoms with van der Waals surface area (Å²) in [5, 5.41) is 19.4. The molecule has 0 fully saturated rings. The number of rotatable bonds is 14. The summed E-state index contributed by atoms with van der Waals surface area (Å²) in [4.78, 5) is 28.7. The Morgan fingerprint density at radius 3 is 2.39 bits per heavy atom. The second-order valence-electron chi connectivity index (χ2n) is 10.8. The lowest BCUT2D eigenvalue weighted by Crippen LogP contribution is -2.51. The van der Waals surface area contributed by atoms with Crippen molar-refractivity contribution in [2.24, 2.45) is 24.1 Å². The highest BCUT2D eigenvalue weighted by Gasteiger charge is 2.48. The van der Waals surface area contributed by atoms with Gasteiger partial charge in [0.1, 0.15) is 11.6 Å². The minimum atomic E-state index is -1.50. The lowest BCUT2D eigenvalue weighted by atomic mass is 9.63. The Labute approximate surface area is 245 Å². The van der Waals surface area contributed by atoms with Gasteiger partial charge in [-0.25, -0.2) is 8.78 Å². The number of aliphatic hydroxyl groups excluding tert-OH is 1. The third kappa shape index (κ3) is 8.02. The summed E-state index contributed by atoms with van der Waals surface area (Å²) in [6, 6.07) is 3.10. The quantitative estimate of drug-likeness (QED) is 0.307. The van der Waals surface area contributed by atoms with Gasteiger partial charge in [0.15, 0.2) is 0 Å². The zero-order valence-corrected chi connectivity index (χ0v) is 24.8. The van der Waals surface area contributed by atoms with E-state index in [1.807, 2.05) is 13.8 Å². The minimum Gasteiger partial charge on any atom is -0.391 e. The molecule has 4 N–H and O–H groups in total. The summed E-state index contributed by atoms with van der Waals surface area (Å²) in [6.07, 6.45) is 5.30. The first-order valence-electron chi connectivity index (χ1n) is 13.9. The van der Waals surface area contributed by atoms with Crippen LogP contribution in [0.1, 0.15) is 51.3 Å². The largest absolute Gasteiger partial charge is 0.391 e. The van der Waals surface area contributed by atoms with Gasteiger partial charge < -0.3 is 21.1 Å². The first-order valence-corrected chi connectivity index (χ1v) is 14.3. The summed E-state index contributed by atoms with van der Waals surface area (Å²) < 4.78 is 29.9. The topological polar surface area (TPSA) is 113 Å². The van der Waals surface area contributed by atoms with Gasteiger partial charge in [0.25, 0.3) is 0 Å². The number of hydrogen-bond donors (Lipinski definition) is 3. The van der Waals surface area contributed by atoms with E-state index in [0.29, 0.717) is 35.0 Å². The molecule has 8 nitrogen and oxygen atoms in total. The third-order valence-corrected chi connectivity index (χ3v) is 7.70. The van der Waals surface area contributed by atoms with Crippen LogP contribution in [-0.2, 0) is 29.6 Å². The number of allylic oxidation sites excluding steroid dienone is 2. The van der Waals surface area contributed by atoms with E-state index < -0.39 is 35.0 Å². The molecule has 11 heteroatoms. The number of aliphatic hydroxyl groups is 1. The predicted molar refractivity (Wildman–Crippen MR) is 155 cm³/mol. The van der Waals surface area contributed by atoms with E-state index in [9.17, 15) is 23.5 Å². The second-order valence-corrected chi connectivity index (χ2v) is 11.2. The zero-order chi connectivity index (χ0) is 30.3. The summed E-state index contributed by atoms with van der Waals surface area (Å²) in [5.74, 6) is -3.40. The molecule has 2 amide bonds. The monoisotopic (exact) mass is 591 g/mol. The number of amides is 2. The standard InChI is InChI=1S/C30H40ClF2N5O3/c1-5-7-38(8-6-2)28(40)21-9-19(3)14-30(15-21,29(34)41)24(12-20-10-22(32)13-23(33)11-20)27(39)17-35-16-26-25(31)18-37(4)36-26/h9-11,13-14,18,24,27,35,39H,5-8,12,15-17H2,1-4H3,(H2,34,41)/t24-,27+,30?/m1/s1. The van der Waals surface area contributed by atoms with E-state index in [1.54, 1.807) is 41.9 Å². The molecule has 1 unspecified atom stereocenters. The fourth-order valence-corrected chi connectivity index (χ4v) is 5.91. The fraction of sp³-hybridized carbons (Fsp3) is 0.500. The average Bonchev–Trinajstić information content (AvgIpc) is 3.21. The molecule has 0 radical (unpaired) electrons. The van der Waals surface area contributed by atoms with Gasteiger partial charge >= 0.3 is 0 Å². The number of hydrogen-bond acceptors (Lipinski definition) is 5. The van der Waals surface area contributed by atoms with Crippen LogP contribution in [0.3, 0.4) is 0 Å². The van der Waals surface area contributed by atoms with Crippen molar-refractivity contribution in [1.29, 1.82) is 0 Å². The van der Waals surface area contributed by atoms with Crippen molar-refractivity contribution in [3.05, 3.63) is 75.6 Å². The molecule has 41 heavy (non-hydrogen) atoms. The summed E-state index contributed by atoms with van der Waals surface area (Å²) >= 11 is 6.21. The summed E-state index contributed by atoms with van der Waals surface area (Å²) in [6.45, 7) is 7.10. The van der Waals surface area contributed by atoms with Gasteiger partial charge in [0, 0.05) is 57.0 Å². The molecule has 1 aliphatic carbocycles. The van der Waals surface area contributed by atoms with Gasteiger partial charge in [-0.05, 0) is 50.3 Å². The first kappa shape index (κ1) is 32.4. The van der Waals surface area contributed by atoms with Crippen molar-refractivity contribution in [3.63, 3.8) is 0 Å². The predicted octanol–water partition coefficient (Wildman–Crippen LogP) is 4.06.